The third-order valence-electron chi connectivity index (χ3n) is 2.43. The van der Waals surface area contributed by atoms with Gasteiger partial charge in [-0.25, -0.2) is 9.97 Å². The number of aromatic amines is 1. The molecular weight excluding hydrogens is 216 g/mol. The number of nitrogens with one attached hydrogen (secondary N) is 1. The molecule has 0 aliphatic rings. The Morgan fingerprint density at radius 3 is 2.82 bits per heavy atom. The van der Waals surface area contributed by atoms with Crippen molar-refractivity contribution in [3.8, 4) is 0 Å². The molecule has 17 heavy (non-hydrogen) atoms. The van der Waals surface area contributed by atoms with Gasteiger partial charge >= 0.3 is 0 Å². The molecule has 84 valence electrons. The molecule has 0 bridgehead atoms. The van der Waals surface area contributed by atoms with Crippen LogP contribution in [0.3, 0.4) is 0 Å². The van der Waals surface area contributed by atoms with Gasteiger partial charge in [0.2, 0.25) is 5.95 Å². The maximum absolute atomic E-state index is 5.51. The molecular formula is C11H10N6. The van der Waals surface area contributed by atoms with Gasteiger partial charge in [-0.05, 0) is 17.7 Å². The number of rotatable bonds is 2. The van der Waals surface area contributed by atoms with Gasteiger partial charge in [-0.15, -0.1) is 0 Å². The fraction of sp³-hybridized carbons (Fsp3) is 0.0909. The fourth-order valence-electron chi connectivity index (χ4n) is 1.65. The molecule has 6 nitrogen and oxygen atoms in total. The predicted octanol–water partition coefficient (Wildman–Crippen LogP) is 0.921. The van der Waals surface area contributed by atoms with Crippen LogP contribution in [-0.4, -0.2) is 24.9 Å². The number of imidazole rings is 1. The normalized spacial score (nSPS) is 10.8. The summed E-state index contributed by atoms with van der Waals surface area (Å²) < 4.78 is 0. The topological polar surface area (TPSA) is 93.4 Å². The molecule has 3 rings (SSSR count). The molecule has 6 heteroatoms. The highest BCUT2D eigenvalue weighted by Crippen LogP contribution is 2.11. The Morgan fingerprint density at radius 2 is 2.00 bits per heavy atom. The molecule has 0 spiro atoms. The first kappa shape index (κ1) is 9.71. The molecule has 0 saturated heterocycles. The van der Waals surface area contributed by atoms with E-state index in [-0.39, 0.29) is 5.95 Å². The molecule has 0 atom stereocenters. The van der Waals surface area contributed by atoms with E-state index < -0.39 is 0 Å². The van der Waals surface area contributed by atoms with E-state index in [0.717, 1.165) is 16.9 Å². The monoisotopic (exact) mass is 226 g/mol. The smallest absolute Gasteiger partial charge is 0.222 e. The quantitative estimate of drug-likeness (QED) is 0.677. The van der Waals surface area contributed by atoms with E-state index in [1.54, 1.807) is 18.6 Å². The van der Waals surface area contributed by atoms with Crippen molar-refractivity contribution >= 4 is 17.1 Å². The zero-order valence-electron chi connectivity index (χ0n) is 8.96. The van der Waals surface area contributed by atoms with Crippen molar-refractivity contribution < 1.29 is 0 Å². The maximum atomic E-state index is 5.51. The van der Waals surface area contributed by atoms with Gasteiger partial charge in [-0.3, -0.25) is 4.98 Å². The first-order chi connectivity index (χ1) is 8.31. The first-order valence-corrected chi connectivity index (χ1v) is 5.17. The summed E-state index contributed by atoms with van der Waals surface area (Å²) in [6.07, 6.45) is 5.84. The van der Waals surface area contributed by atoms with Crippen molar-refractivity contribution in [2.24, 2.45) is 0 Å². The Morgan fingerprint density at radius 1 is 1.18 bits per heavy atom. The Kier molecular flexibility index (Phi) is 2.18. The minimum Gasteiger partial charge on any atom is -0.368 e. The van der Waals surface area contributed by atoms with Crippen LogP contribution in [0.25, 0.3) is 11.2 Å². The third kappa shape index (κ3) is 1.92. The van der Waals surface area contributed by atoms with Gasteiger partial charge < -0.3 is 10.7 Å². The highest BCUT2D eigenvalue weighted by molar-refractivity contribution is 5.70. The highest BCUT2D eigenvalue weighted by atomic mass is 15.1. The molecule has 0 radical (unpaired) electrons. The standard InChI is InChI=1S/C11H10N6/c12-11-14-6-8-10(17-11)16-9(15-8)5-7-1-3-13-4-2-7/h1-4,6H,5H2,(H3,12,14,15,16,17). The molecule has 3 N–H and O–H groups in total. The van der Waals surface area contributed by atoms with Crippen LogP contribution in [0, 0.1) is 0 Å². The van der Waals surface area contributed by atoms with E-state index in [9.17, 15) is 0 Å². The molecule has 0 aliphatic carbocycles. The van der Waals surface area contributed by atoms with E-state index in [4.69, 9.17) is 5.73 Å². The Hall–Kier alpha value is -2.50. The summed E-state index contributed by atoms with van der Waals surface area (Å²) in [6.45, 7) is 0. The summed E-state index contributed by atoms with van der Waals surface area (Å²) in [5, 5.41) is 0. The second kappa shape index (κ2) is 3.82. The maximum Gasteiger partial charge on any atom is 0.222 e. The van der Waals surface area contributed by atoms with Crippen molar-refractivity contribution in [2.75, 3.05) is 5.73 Å². The van der Waals surface area contributed by atoms with Crippen molar-refractivity contribution in [1.29, 1.82) is 0 Å². The number of nitrogens with zero attached hydrogens (tertiary/aromatic N) is 4. The second-order valence-corrected chi connectivity index (χ2v) is 3.68. The van der Waals surface area contributed by atoms with Crippen LogP contribution in [0.5, 0.6) is 0 Å². The fourth-order valence-corrected chi connectivity index (χ4v) is 1.65. The van der Waals surface area contributed by atoms with Gasteiger partial charge in [-0.2, -0.15) is 4.98 Å². The average Bonchev–Trinajstić information content (AvgIpc) is 2.71. The van der Waals surface area contributed by atoms with E-state index in [0.29, 0.717) is 12.1 Å². The number of anilines is 1. The van der Waals surface area contributed by atoms with Crippen molar-refractivity contribution in [1.82, 2.24) is 24.9 Å². The molecule has 0 saturated carbocycles. The van der Waals surface area contributed by atoms with E-state index in [1.807, 2.05) is 12.1 Å². The predicted molar refractivity (Wildman–Crippen MR) is 63.1 cm³/mol. The number of nitrogen functional groups attached to an aromatic ring is 1. The first-order valence-electron chi connectivity index (χ1n) is 5.17. The summed E-state index contributed by atoms with van der Waals surface area (Å²) in [4.78, 5) is 19.5. The number of fused-ring (bicyclic) bond motifs is 1. The SMILES string of the molecule is Nc1ncc2nc(Cc3ccncc3)[nH]c2n1. The van der Waals surface area contributed by atoms with Gasteiger partial charge in [0.25, 0.3) is 0 Å². The van der Waals surface area contributed by atoms with Gasteiger partial charge in [0.15, 0.2) is 5.65 Å². The third-order valence-corrected chi connectivity index (χ3v) is 2.43. The molecule has 3 heterocycles. The van der Waals surface area contributed by atoms with Crippen molar-refractivity contribution in [3.05, 3.63) is 42.1 Å². The lowest BCUT2D eigenvalue weighted by Crippen LogP contribution is -1.93. The zero-order valence-corrected chi connectivity index (χ0v) is 8.96. The van der Waals surface area contributed by atoms with Crippen LogP contribution in [0.1, 0.15) is 11.4 Å². The van der Waals surface area contributed by atoms with E-state index >= 15 is 0 Å². The van der Waals surface area contributed by atoms with Gasteiger partial charge in [0.05, 0.1) is 6.20 Å². The van der Waals surface area contributed by atoms with Gasteiger partial charge in [0, 0.05) is 18.8 Å². The Balaban J connectivity index is 1.96. The Labute approximate surface area is 97.0 Å². The summed E-state index contributed by atoms with van der Waals surface area (Å²) in [7, 11) is 0. The van der Waals surface area contributed by atoms with Crippen molar-refractivity contribution in [2.45, 2.75) is 6.42 Å². The van der Waals surface area contributed by atoms with Gasteiger partial charge in [0.1, 0.15) is 11.3 Å². The van der Waals surface area contributed by atoms with Crippen LogP contribution in [0.15, 0.2) is 30.7 Å². The molecule has 0 fully saturated rings. The lowest BCUT2D eigenvalue weighted by molar-refractivity contribution is 1.03. The van der Waals surface area contributed by atoms with Gasteiger partial charge in [-0.1, -0.05) is 0 Å². The van der Waals surface area contributed by atoms with Crippen LogP contribution in [0.2, 0.25) is 0 Å². The molecule has 0 amide bonds. The minimum absolute atomic E-state index is 0.247. The van der Waals surface area contributed by atoms with Crippen molar-refractivity contribution in [3.63, 3.8) is 0 Å². The van der Waals surface area contributed by atoms with Crippen LogP contribution >= 0.6 is 0 Å². The average molecular weight is 226 g/mol. The summed E-state index contributed by atoms with van der Waals surface area (Å²) in [6, 6.07) is 3.90. The zero-order chi connectivity index (χ0) is 11.7. The van der Waals surface area contributed by atoms with Crippen LogP contribution in [0.4, 0.5) is 5.95 Å². The molecule has 0 unspecified atom stereocenters. The molecule has 3 aromatic rings. The number of pyridine rings is 1. The minimum atomic E-state index is 0.247. The number of hydrogen-bond donors (Lipinski definition) is 2. The van der Waals surface area contributed by atoms with E-state index in [2.05, 4.69) is 24.9 Å². The summed E-state index contributed by atoms with van der Waals surface area (Å²) in [5.41, 5.74) is 8.04. The van der Waals surface area contributed by atoms with Crippen LogP contribution in [-0.2, 0) is 6.42 Å². The number of hydrogen-bond acceptors (Lipinski definition) is 5. The number of nitrogens with two attached hydrogens (primary N) is 1. The second-order valence-electron chi connectivity index (χ2n) is 3.68. The molecule has 0 aliphatic heterocycles. The number of aromatic nitrogens is 5. The van der Waals surface area contributed by atoms with Crippen LogP contribution < -0.4 is 5.73 Å². The number of H-pyrrole nitrogens is 1. The largest absolute Gasteiger partial charge is 0.368 e. The van der Waals surface area contributed by atoms with E-state index in [1.165, 1.54) is 0 Å². The highest BCUT2D eigenvalue weighted by Gasteiger charge is 2.05. The molecule has 3 aromatic heterocycles. The molecule has 0 aromatic carbocycles. The Bertz CT molecular complexity index is 645. The lowest BCUT2D eigenvalue weighted by Gasteiger charge is -1.95. The lowest BCUT2D eigenvalue weighted by atomic mass is 10.2. The summed E-state index contributed by atoms with van der Waals surface area (Å²) in [5.74, 6) is 1.09. The summed E-state index contributed by atoms with van der Waals surface area (Å²) >= 11 is 0.